The topological polar surface area (TPSA) is 93.0 Å². The van der Waals surface area contributed by atoms with E-state index in [1.54, 1.807) is 0 Å². The molecule has 4 aliphatic rings. The van der Waals surface area contributed by atoms with Crippen LogP contribution >= 0.6 is 0 Å². The fourth-order valence-electron chi connectivity index (χ4n) is 5.23. The zero-order valence-corrected chi connectivity index (χ0v) is 18.2. The monoisotopic (exact) mass is 416 g/mol. The molecule has 0 aromatic rings. The summed E-state index contributed by atoms with van der Waals surface area (Å²) < 4.78 is 5.58. The summed E-state index contributed by atoms with van der Waals surface area (Å²) in [7, 11) is 2.06. The molecule has 3 fully saturated rings. The number of morpholine rings is 1. The van der Waals surface area contributed by atoms with Crippen molar-refractivity contribution in [1.82, 2.24) is 20.4 Å². The Labute approximate surface area is 180 Å². The predicted octanol–water partition coefficient (Wildman–Crippen LogP) is 1.09. The number of fused-ring (bicyclic) bond motifs is 1. The maximum atomic E-state index is 13.4. The first-order valence-electron chi connectivity index (χ1n) is 11.7. The molecule has 0 aromatic heterocycles. The van der Waals surface area contributed by atoms with Crippen LogP contribution in [0.1, 0.15) is 51.4 Å². The van der Waals surface area contributed by atoms with Crippen LogP contribution in [0, 0.1) is 17.2 Å². The number of ether oxygens (including phenoxy) is 1. The van der Waals surface area contributed by atoms with E-state index in [9.17, 15) is 10.1 Å². The van der Waals surface area contributed by atoms with Crippen LogP contribution in [0.2, 0.25) is 0 Å². The lowest BCUT2D eigenvalue weighted by Crippen LogP contribution is -2.60. The molecule has 2 unspecified atom stereocenters. The summed E-state index contributed by atoms with van der Waals surface area (Å²) in [6, 6.07) is 2.35. The van der Waals surface area contributed by atoms with Gasteiger partial charge in [-0.05, 0) is 32.2 Å². The van der Waals surface area contributed by atoms with Gasteiger partial charge in [-0.15, -0.1) is 0 Å². The SMILES string of the molecule is CN1CCC(C#N)(NC(=O)C(CC2CCCCC2)NC2=NCC3COCCN23)CC1. The van der Waals surface area contributed by atoms with Crippen molar-refractivity contribution in [3.63, 3.8) is 0 Å². The first-order valence-corrected chi connectivity index (χ1v) is 11.7. The number of guanidine groups is 1. The molecule has 2 saturated heterocycles. The summed E-state index contributed by atoms with van der Waals surface area (Å²) in [5.74, 6) is 1.33. The third-order valence-corrected chi connectivity index (χ3v) is 7.28. The smallest absolute Gasteiger partial charge is 0.243 e. The number of hydrogen-bond acceptors (Lipinski definition) is 7. The standard InChI is InChI=1S/C22H36N6O2/c1-27-9-7-22(16-23,8-10-27)26-20(29)19(13-17-5-3-2-4-6-17)25-21-24-14-18-15-30-12-11-28(18)21/h17-19H,2-15H2,1H3,(H,24,25)(H,26,29). The van der Waals surface area contributed by atoms with Crippen molar-refractivity contribution >= 4 is 11.9 Å². The second kappa shape index (κ2) is 9.52. The molecule has 8 nitrogen and oxygen atoms in total. The Hall–Kier alpha value is -1.85. The van der Waals surface area contributed by atoms with Crippen molar-refractivity contribution in [3.8, 4) is 6.07 Å². The number of rotatable bonds is 5. The Morgan fingerprint density at radius 1 is 1.30 bits per heavy atom. The summed E-state index contributed by atoms with van der Waals surface area (Å²) in [5, 5.41) is 16.5. The summed E-state index contributed by atoms with van der Waals surface area (Å²) in [5.41, 5.74) is -0.755. The number of nitrogens with zero attached hydrogens (tertiary/aromatic N) is 4. The average molecular weight is 417 g/mol. The van der Waals surface area contributed by atoms with E-state index >= 15 is 0 Å². The van der Waals surface area contributed by atoms with Crippen LogP contribution < -0.4 is 10.6 Å². The van der Waals surface area contributed by atoms with Gasteiger partial charge in [-0.2, -0.15) is 5.26 Å². The van der Waals surface area contributed by atoms with Gasteiger partial charge in [-0.3, -0.25) is 9.79 Å². The number of piperidine rings is 1. The molecule has 1 amide bonds. The van der Waals surface area contributed by atoms with Crippen LogP contribution in [0.4, 0.5) is 0 Å². The van der Waals surface area contributed by atoms with Crippen molar-refractivity contribution in [3.05, 3.63) is 0 Å². The minimum atomic E-state index is -0.755. The Balaban J connectivity index is 1.45. The first-order chi connectivity index (χ1) is 14.6. The van der Waals surface area contributed by atoms with Gasteiger partial charge in [0.15, 0.2) is 5.96 Å². The molecule has 0 aromatic carbocycles. The van der Waals surface area contributed by atoms with Crippen LogP contribution in [0.3, 0.4) is 0 Å². The minimum Gasteiger partial charge on any atom is -0.377 e. The van der Waals surface area contributed by atoms with Crippen molar-refractivity contribution < 1.29 is 9.53 Å². The molecule has 3 heterocycles. The number of nitrogens with one attached hydrogen (secondary N) is 2. The molecular weight excluding hydrogens is 380 g/mol. The molecule has 0 radical (unpaired) electrons. The molecule has 166 valence electrons. The zero-order chi connectivity index (χ0) is 21.0. The normalized spacial score (nSPS) is 28.2. The van der Waals surface area contributed by atoms with Crippen LogP contribution in [-0.4, -0.2) is 85.7 Å². The van der Waals surface area contributed by atoms with Gasteiger partial charge in [0.1, 0.15) is 11.6 Å². The fraction of sp³-hybridized carbons (Fsp3) is 0.864. The fourth-order valence-corrected chi connectivity index (χ4v) is 5.23. The van der Waals surface area contributed by atoms with Crippen molar-refractivity contribution in [2.24, 2.45) is 10.9 Å². The molecule has 8 heteroatoms. The largest absolute Gasteiger partial charge is 0.377 e. The lowest BCUT2D eigenvalue weighted by atomic mass is 9.84. The summed E-state index contributed by atoms with van der Waals surface area (Å²) in [4.78, 5) is 22.6. The Kier molecular flexibility index (Phi) is 6.79. The van der Waals surface area contributed by atoms with E-state index in [1.165, 1.54) is 32.1 Å². The number of carbonyl (C=O) groups is 1. The molecular formula is C22H36N6O2. The van der Waals surface area contributed by atoms with Gasteiger partial charge < -0.3 is 25.2 Å². The minimum absolute atomic E-state index is 0.0499. The molecule has 4 rings (SSSR count). The second-order valence-corrected chi connectivity index (χ2v) is 9.51. The molecule has 0 bridgehead atoms. The summed E-state index contributed by atoms with van der Waals surface area (Å²) in [6.45, 7) is 4.58. The van der Waals surface area contributed by atoms with Crippen LogP contribution in [0.15, 0.2) is 4.99 Å². The highest BCUT2D eigenvalue weighted by molar-refractivity contribution is 5.90. The Morgan fingerprint density at radius 2 is 2.07 bits per heavy atom. The van der Waals surface area contributed by atoms with Crippen molar-refractivity contribution in [2.75, 3.05) is 46.4 Å². The highest BCUT2D eigenvalue weighted by atomic mass is 16.5. The molecule has 30 heavy (non-hydrogen) atoms. The number of carbonyl (C=O) groups excluding carboxylic acids is 1. The lowest BCUT2D eigenvalue weighted by Gasteiger charge is -2.38. The summed E-state index contributed by atoms with van der Waals surface area (Å²) >= 11 is 0. The van der Waals surface area contributed by atoms with E-state index in [0.29, 0.717) is 38.5 Å². The van der Waals surface area contributed by atoms with Gasteiger partial charge in [-0.1, -0.05) is 32.1 Å². The molecule has 1 aliphatic carbocycles. The maximum Gasteiger partial charge on any atom is 0.243 e. The van der Waals surface area contributed by atoms with Gasteiger partial charge in [-0.25, -0.2) is 0 Å². The first kappa shape index (κ1) is 21.4. The third kappa shape index (κ3) is 4.89. The third-order valence-electron chi connectivity index (χ3n) is 7.28. The summed E-state index contributed by atoms with van der Waals surface area (Å²) in [6.07, 6.45) is 8.33. The molecule has 2 N–H and O–H groups in total. The highest BCUT2D eigenvalue weighted by Gasteiger charge is 2.39. The van der Waals surface area contributed by atoms with E-state index in [2.05, 4.69) is 38.5 Å². The van der Waals surface area contributed by atoms with E-state index in [4.69, 9.17) is 4.74 Å². The van der Waals surface area contributed by atoms with Gasteiger partial charge >= 0.3 is 0 Å². The number of hydrogen-bond donors (Lipinski definition) is 2. The average Bonchev–Trinajstić information content (AvgIpc) is 3.19. The van der Waals surface area contributed by atoms with E-state index in [0.717, 1.165) is 32.0 Å². The van der Waals surface area contributed by atoms with Gasteiger partial charge in [0.25, 0.3) is 0 Å². The maximum absolute atomic E-state index is 13.4. The van der Waals surface area contributed by atoms with E-state index in [-0.39, 0.29) is 18.0 Å². The number of aliphatic imine (C=N–C) groups is 1. The molecule has 1 saturated carbocycles. The number of amides is 1. The zero-order valence-electron chi connectivity index (χ0n) is 18.2. The van der Waals surface area contributed by atoms with Gasteiger partial charge in [0.2, 0.25) is 5.91 Å². The Bertz CT molecular complexity index is 676. The van der Waals surface area contributed by atoms with Crippen LogP contribution in [-0.2, 0) is 9.53 Å². The lowest BCUT2D eigenvalue weighted by molar-refractivity contribution is -0.125. The predicted molar refractivity (Wildman–Crippen MR) is 115 cm³/mol. The highest BCUT2D eigenvalue weighted by Crippen LogP contribution is 2.28. The van der Waals surface area contributed by atoms with Gasteiger partial charge in [0, 0.05) is 19.6 Å². The van der Waals surface area contributed by atoms with E-state index < -0.39 is 5.54 Å². The van der Waals surface area contributed by atoms with Crippen molar-refractivity contribution in [1.29, 1.82) is 5.26 Å². The van der Waals surface area contributed by atoms with Gasteiger partial charge in [0.05, 0.1) is 31.9 Å². The molecule has 3 aliphatic heterocycles. The molecule has 0 spiro atoms. The number of likely N-dealkylation sites (tertiary alicyclic amines) is 1. The second-order valence-electron chi connectivity index (χ2n) is 9.51. The molecule has 2 atom stereocenters. The van der Waals surface area contributed by atoms with E-state index in [1.807, 2.05) is 0 Å². The Morgan fingerprint density at radius 3 is 2.80 bits per heavy atom. The van der Waals surface area contributed by atoms with Crippen LogP contribution in [0.5, 0.6) is 0 Å². The quantitative estimate of drug-likeness (QED) is 0.697. The van der Waals surface area contributed by atoms with Crippen molar-refractivity contribution in [2.45, 2.75) is 69.0 Å². The van der Waals surface area contributed by atoms with Crippen LogP contribution in [0.25, 0.3) is 0 Å². The number of nitriles is 1.